The molecule has 0 aromatic heterocycles. The van der Waals surface area contributed by atoms with E-state index in [1.54, 1.807) is 0 Å². The molecular formula is C12H23NO3. The van der Waals surface area contributed by atoms with Gasteiger partial charge in [0.15, 0.2) is 0 Å². The summed E-state index contributed by atoms with van der Waals surface area (Å²) in [4.78, 5) is 11.5. The van der Waals surface area contributed by atoms with Crippen LogP contribution in [-0.4, -0.2) is 37.9 Å². The summed E-state index contributed by atoms with van der Waals surface area (Å²) in [6.45, 7) is 4.91. The second-order valence-electron chi connectivity index (χ2n) is 4.55. The maximum Gasteiger partial charge on any atom is 0.306 e. The van der Waals surface area contributed by atoms with Gasteiger partial charge in [-0.05, 0) is 33.9 Å². The van der Waals surface area contributed by atoms with E-state index in [1.165, 1.54) is 0 Å². The van der Waals surface area contributed by atoms with Crippen molar-refractivity contribution < 1.29 is 14.3 Å². The number of ether oxygens (including phenoxy) is 2. The topological polar surface area (TPSA) is 47.6 Å². The van der Waals surface area contributed by atoms with Crippen LogP contribution in [0.4, 0.5) is 0 Å². The van der Waals surface area contributed by atoms with Crippen molar-refractivity contribution >= 4 is 5.97 Å². The van der Waals surface area contributed by atoms with Crippen molar-refractivity contribution in [2.75, 3.05) is 13.6 Å². The summed E-state index contributed by atoms with van der Waals surface area (Å²) >= 11 is 0. The molecule has 0 amide bonds. The maximum atomic E-state index is 11.5. The first-order valence-electron chi connectivity index (χ1n) is 6.11. The molecular weight excluding hydrogens is 206 g/mol. The Morgan fingerprint density at radius 2 is 2.00 bits per heavy atom. The van der Waals surface area contributed by atoms with Crippen molar-refractivity contribution in [3.05, 3.63) is 0 Å². The third-order valence-electron chi connectivity index (χ3n) is 2.76. The van der Waals surface area contributed by atoms with Gasteiger partial charge in [-0.3, -0.25) is 4.79 Å². The standard InChI is InChI=1S/C12H23NO3/c1-9-7-11(8-10(2)15-9)16-12(14)5-4-6-13-3/h9-11,13H,4-8H2,1-3H3. The molecule has 1 rings (SSSR count). The predicted octanol–water partition coefficient (Wildman–Crippen LogP) is 1.49. The largest absolute Gasteiger partial charge is 0.462 e. The molecule has 0 aromatic carbocycles. The van der Waals surface area contributed by atoms with Crippen molar-refractivity contribution in [1.29, 1.82) is 0 Å². The molecule has 1 saturated heterocycles. The van der Waals surface area contributed by atoms with Crippen molar-refractivity contribution in [3.8, 4) is 0 Å². The minimum atomic E-state index is -0.0819. The van der Waals surface area contributed by atoms with Crippen LogP contribution in [0.25, 0.3) is 0 Å². The summed E-state index contributed by atoms with van der Waals surface area (Å²) in [6.07, 6.45) is 3.41. The quantitative estimate of drug-likeness (QED) is 0.573. The Kier molecular flexibility index (Phi) is 5.77. The average Bonchev–Trinajstić information content (AvgIpc) is 2.16. The molecule has 1 heterocycles. The molecule has 0 radical (unpaired) electrons. The van der Waals surface area contributed by atoms with Gasteiger partial charge < -0.3 is 14.8 Å². The zero-order valence-corrected chi connectivity index (χ0v) is 10.5. The van der Waals surface area contributed by atoms with Gasteiger partial charge in [0.2, 0.25) is 0 Å². The van der Waals surface area contributed by atoms with E-state index >= 15 is 0 Å². The highest BCUT2D eigenvalue weighted by Crippen LogP contribution is 2.21. The van der Waals surface area contributed by atoms with Crippen LogP contribution in [0, 0.1) is 0 Å². The fourth-order valence-corrected chi connectivity index (χ4v) is 2.09. The summed E-state index contributed by atoms with van der Waals surface area (Å²) in [6, 6.07) is 0. The van der Waals surface area contributed by atoms with Gasteiger partial charge in [-0.1, -0.05) is 0 Å². The van der Waals surface area contributed by atoms with Crippen LogP contribution in [-0.2, 0) is 14.3 Å². The van der Waals surface area contributed by atoms with Gasteiger partial charge in [0.1, 0.15) is 6.10 Å². The van der Waals surface area contributed by atoms with E-state index < -0.39 is 0 Å². The van der Waals surface area contributed by atoms with E-state index in [1.807, 2.05) is 20.9 Å². The van der Waals surface area contributed by atoms with Crippen LogP contribution in [0.1, 0.15) is 39.5 Å². The predicted molar refractivity (Wildman–Crippen MR) is 62.3 cm³/mol. The number of esters is 1. The van der Waals surface area contributed by atoms with Crippen LogP contribution in [0.15, 0.2) is 0 Å². The molecule has 2 unspecified atom stereocenters. The van der Waals surface area contributed by atoms with Gasteiger partial charge in [-0.15, -0.1) is 0 Å². The minimum absolute atomic E-state index is 0.0424. The van der Waals surface area contributed by atoms with Crippen molar-refractivity contribution in [2.45, 2.75) is 57.8 Å². The lowest BCUT2D eigenvalue weighted by Gasteiger charge is -2.31. The Hall–Kier alpha value is -0.610. The number of nitrogens with one attached hydrogen (secondary N) is 1. The Balaban J connectivity index is 2.22. The van der Waals surface area contributed by atoms with E-state index in [4.69, 9.17) is 9.47 Å². The average molecular weight is 229 g/mol. The molecule has 0 aliphatic carbocycles. The monoisotopic (exact) mass is 229 g/mol. The molecule has 0 bridgehead atoms. The second-order valence-corrected chi connectivity index (χ2v) is 4.55. The maximum absolute atomic E-state index is 11.5. The fourth-order valence-electron chi connectivity index (χ4n) is 2.09. The van der Waals surface area contributed by atoms with Gasteiger partial charge in [-0.2, -0.15) is 0 Å². The Morgan fingerprint density at radius 3 is 2.56 bits per heavy atom. The molecule has 94 valence electrons. The van der Waals surface area contributed by atoms with Crippen LogP contribution in [0.2, 0.25) is 0 Å². The molecule has 1 fully saturated rings. The summed E-state index contributed by atoms with van der Waals surface area (Å²) in [7, 11) is 1.88. The first kappa shape index (κ1) is 13.5. The molecule has 4 heteroatoms. The molecule has 1 aliphatic heterocycles. The summed E-state index contributed by atoms with van der Waals surface area (Å²) in [5, 5.41) is 3.01. The highest BCUT2D eigenvalue weighted by molar-refractivity contribution is 5.69. The van der Waals surface area contributed by atoms with Gasteiger partial charge >= 0.3 is 5.97 Å². The molecule has 0 saturated carbocycles. The van der Waals surface area contributed by atoms with Crippen LogP contribution in [0.3, 0.4) is 0 Å². The smallest absolute Gasteiger partial charge is 0.306 e. The summed E-state index contributed by atoms with van der Waals surface area (Å²) < 4.78 is 11.0. The van der Waals surface area contributed by atoms with Crippen molar-refractivity contribution in [1.82, 2.24) is 5.32 Å². The lowest BCUT2D eigenvalue weighted by molar-refractivity contribution is -0.159. The Morgan fingerprint density at radius 1 is 1.38 bits per heavy atom. The molecule has 1 N–H and O–H groups in total. The third kappa shape index (κ3) is 4.94. The van der Waals surface area contributed by atoms with Gasteiger partial charge in [0, 0.05) is 19.3 Å². The van der Waals surface area contributed by atoms with Crippen LogP contribution in [0.5, 0.6) is 0 Å². The van der Waals surface area contributed by atoms with E-state index in [0.717, 1.165) is 25.8 Å². The first-order chi connectivity index (χ1) is 7.61. The molecule has 4 nitrogen and oxygen atoms in total. The van der Waals surface area contributed by atoms with E-state index in [9.17, 15) is 4.79 Å². The Labute approximate surface area is 97.7 Å². The third-order valence-corrected chi connectivity index (χ3v) is 2.76. The van der Waals surface area contributed by atoms with Crippen molar-refractivity contribution in [3.63, 3.8) is 0 Å². The molecule has 0 aromatic rings. The number of hydrogen-bond donors (Lipinski definition) is 1. The van der Waals surface area contributed by atoms with Crippen LogP contribution < -0.4 is 5.32 Å². The number of carbonyl (C=O) groups is 1. The lowest BCUT2D eigenvalue weighted by Crippen LogP contribution is -2.35. The number of hydrogen-bond acceptors (Lipinski definition) is 4. The number of rotatable bonds is 5. The highest BCUT2D eigenvalue weighted by atomic mass is 16.6. The van der Waals surface area contributed by atoms with E-state index in [2.05, 4.69) is 5.32 Å². The summed E-state index contributed by atoms with van der Waals surface area (Å²) in [5.41, 5.74) is 0. The second kappa shape index (κ2) is 6.86. The van der Waals surface area contributed by atoms with Gasteiger partial charge in [0.25, 0.3) is 0 Å². The molecule has 0 spiro atoms. The Bertz CT molecular complexity index is 210. The molecule has 2 atom stereocenters. The zero-order chi connectivity index (χ0) is 12.0. The van der Waals surface area contributed by atoms with E-state index in [0.29, 0.717) is 6.42 Å². The fraction of sp³-hybridized carbons (Fsp3) is 0.917. The normalized spacial score (nSPS) is 30.1. The zero-order valence-electron chi connectivity index (χ0n) is 10.5. The van der Waals surface area contributed by atoms with Gasteiger partial charge in [0.05, 0.1) is 12.2 Å². The van der Waals surface area contributed by atoms with Gasteiger partial charge in [-0.25, -0.2) is 0 Å². The summed E-state index contributed by atoms with van der Waals surface area (Å²) in [5.74, 6) is -0.0819. The lowest BCUT2D eigenvalue weighted by atomic mass is 10.0. The van der Waals surface area contributed by atoms with Crippen LogP contribution >= 0.6 is 0 Å². The molecule has 16 heavy (non-hydrogen) atoms. The molecule has 1 aliphatic rings. The van der Waals surface area contributed by atoms with E-state index in [-0.39, 0.29) is 24.3 Å². The highest BCUT2D eigenvalue weighted by Gasteiger charge is 2.26. The first-order valence-corrected chi connectivity index (χ1v) is 6.11. The van der Waals surface area contributed by atoms with Crippen molar-refractivity contribution in [2.24, 2.45) is 0 Å². The number of carbonyl (C=O) groups excluding carboxylic acids is 1. The SMILES string of the molecule is CNCCCC(=O)OC1CC(C)OC(C)C1. The minimum Gasteiger partial charge on any atom is -0.462 e.